The van der Waals surface area contributed by atoms with Crippen molar-refractivity contribution in [3.8, 4) is 0 Å². The topological polar surface area (TPSA) is 77.9 Å². The van der Waals surface area contributed by atoms with E-state index in [0.717, 1.165) is 17.0 Å². The van der Waals surface area contributed by atoms with Gasteiger partial charge >= 0.3 is 5.97 Å². The summed E-state index contributed by atoms with van der Waals surface area (Å²) in [5.41, 5.74) is 0.961. The molecular weight excluding hydrogens is 372 g/mol. The van der Waals surface area contributed by atoms with Crippen LogP contribution >= 0.6 is 22.9 Å². The number of carboxylic acids is 1. The van der Waals surface area contributed by atoms with Crippen LogP contribution < -0.4 is 4.90 Å². The molecule has 0 atom stereocenters. The largest absolute Gasteiger partial charge is 0.477 e. The zero-order chi connectivity index (χ0) is 17.3. The number of halogens is 1. The van der Waals surface area contributed by atoms with Crippen molar-refractivity contribution < 1.29 is 18.3 Å². The van der Waals surface area contributed by atoms with Crippen LogP contribution in [0.2, 0.25) is 5.02 Å². The lowest BCUT2D eigenvalue weighted by molar-refractivity contribution is 0.0702. The quantitative estimate of drug-likeness (QED) is 0.873. The summed E-state index contributed by atoms with van der Waals surface area (Å²) in [5.74, 6) is -1.12. The lowest BCUT2D eigenvalue weighted by Crippen LogP contribution is -2.48. The average molecular weight is 387 g/mol. The molecule has 24 heavy (non-hydrogen) atoms. The monoisotopic (exact) mass is 386 g/mol. The molecule has 1 saturated heterocycles. The first kappa shape index (κ1) is 17.2. The van der Waals surface area contributed by atoms with Crippen LogP contribution in [0.5, 0.6) is 0 Å². The summed E-state index contributed by atoms with van der Waals surface area (Å²) in [4.78, 5) is 13.1. The van der Waals surface area contributed by atoms with Gasteiger partial charge in [-0.15, -0.1) is 11.3 Å². The number of anilines is 1. The summed E-state index contributed by atoms with van der Waals surface area (Å²) in [6, 6.07) is 8.66. The van der Waals surface area contributed by atoms with Crippen LogP contribution in [0.3, 0.4) is 0 Å². The number of carboxylic acid groups (broad SMARTS) is 1. The first-order valence-corrected chi connectivity index (χ1v) is 9.90. The van der Waals surface area contributed by atoms with Gasteiger partial charge in [0, 0.05) is 42.3 Å². The number of carbonyl (C=O) groups is 1. The fourth-order valence-corrected chi connectivity index (χ4v) is 5.28. The predicted octanol–water partition coefficient (Wildman–Crippen LogP) is 2.61. The minimum absolute atomic E-state index is 0.0196. The summed E-state index contributed by atoms with van der Waals surface area (Å²) >= 11 is 6.91. The van der Waals surface area contributed by atoms with E-state index in [1.807, 2.05) is 18.2 Å². The van der Waals surface area contributed by atoms with Gasteiger partial charge in [0.2, 0.25) is 10.0 Å². The third-order valence-corrected chi connectivity index (χ3v) is 7.01. The maximum atomic E-state index is 12.6. The molecule has 0 radical (unpaired) electrons. The van der Waals surface area contributed by atoms with Gasteiger partial charge in [-0.3, -0.25) is 0 Å². The molecule has 0 aliphatic carbocycles. The van der Waals surface area contributed by atoms with Crippen LogP contribution in [0.4, 0.5) is 5.69 Å². The van der Waals surface area contributed by atoms with Gasteiger partial charge in [0.1, 0.15) is 4.88 Å². The Bertz CT molecular complexity index is 858. The van der Waals surface area contributed by atoms with Gasteiger partial charge in [-0.05, 0) is 24.3 Å². The summed E-state index contributed by atoms with van der Waals surface area (Å²) in [6.07, 6.45) is 0. The number of hydrogen-bond acceptors (Lipinski definition) is 5. The van der Waals surface area contributed by atoms with Crippen molar-refractivity contribution in [2.24, 2.45) is 0 Å². The number of thiophene rings is 1. The molecule has 3 rings (SSSR count). The number of hydrogen-bond donors (Lipinski definition) is 1. The highest BCUT2D eigenvalue weighted by atomic mass is 35.5. The summed E-state index contributed by atoms with van der Waals surface area (Å²) in [7, 11) is -3.66. The van der Waals surface area contributed by atoms with E-state index in [1.165, 1.54) is 15.8 Å². The molecule has 2 aromatic rings. The van der Waals surface area contributed by atoms with Crippen LogP contribution in [0.15, 0.2) is 40.6 Å². The Morgan fingerprint density at radius 2 is 1.88 bits per heavy atom. The fraction of sp³-hybridized carbons (Fsp3) is 0.267. The number of benzene rings is 1. The molecule has 1 aromatic heterocycles. The van der Waals surface area contributed by atoms with Gasteiger partial charge in [-0.25, -0.2) is 13.2 Å². The lowest BCUT2D eigenvalue weighted by atomic mass is 10.2. The normalized spacial score (nSPS) is 16.3. The van der Waals surface area contributed by atoms with E-state index < -0.39 is 16.0 Å². The van der Waals surface area contributed by atoms with Crippen LogP contribution in [0.25, 0.3) is 0 Å². The molecule has 1 aromatic carbocycles. The van der Waals surface area contributed by atoms with Gasteiger partial charge in [-0.1, -0.05) is 17.7 Å². The zero-order valence-electron chi connectivity index (χ0n) is 12.6. The molecule has 1 aliphatic rings. The Kier molecular flexibility index (Phi) is 4.82. The standard InChI is InChI=1S/C15H15ClN2O4S2/c16-11-2-1-3-12(8-11)17-4-6-18(7-5-17)24(21,22)13-9-14(15(19)20)23-10-13/h1-3,8-10H,4-7H2,(H,19,20). The van der Waals surface area contributed by atoms with E-state index in [-0.39, 0.29) is 9.77 Å². The minimum Gasteiger partial charge on any atom is -0.477 e. The molecule has 1 N–H and O–H groups in total. The van der Waals surface area contributed by atoms with Crippen molar-refractivity contribution in [1.29, 1.82) is 0 Å². The molecule has 6 nitrogen and oxygen atoms in total. The van der Waals surface area contributed by atoms with E-state index in [4.69, 9.17) is 16.7 Å². The Labute approximate surface area is 148 Å². The molecule has 1 aliphatic heterocycles. The molecule has 9 heteroatoms. The smallest absolute Gasteiger partial charge is 0.345 e. The molecule has 0 amide bonds. The van der Waals surface area contributed by atoms with Crippen molar-refractivity contribution in [3.05, 3.63) is 45.6 Å². The number of piperazine rings is 1. The molecule has 0 saturated carbocycles. The van der Waals surface area contributed by atoms with Crippen molar-refractivity contribution in [1.82, 2.24) is 4.31 Å². The van der Waals surface area contributed by atoms with Crippen LogP contribution in [0, 0.1) is 0 Å². The second-order valence-electron chi connectivity index (χ2n) is 5.32. The predicted molar refractivity (Wildman–Crippen MR) is 93.7 cm³/mol. The van der Waals surface area contributed by atoms with Crippen molar-refractivity contribution in [2.45, 2.75) is 4.90 Å². The minimum atomic E-state index is -3.66. The average Bonchev–Trinajstić information content (AvgIpc) is 3.06. The Balaban J connectivity index is 1.72. The van der Waals surface area contributed by atoms with Gasteiger partial charge in [0.15, 0.2) is 0 Å². The third kappa shape index (κ3) is 3.41. The maximum absolute atomic E-state index is 12.6. The van der Waals surface area contributed by atoms with Crippen molar-refractivity contribution in [3.63, 3.8) is 0 Å². The van der Waals surface area contributed by atoms with Crippen molar-refractivity contribution in [2.75, 3.05) is 31.1 Å². The summed E-state index contributed by atoms with van der Waals surface area (Å²) < 4.78 is 26.6. The summed E-state index contributed by atoms with van der Waals surface area (Å²) in [6.45, 7) is 1.78. The van der Waals surface area contributed by atoms with E-state index >= 15 is 0 Å². The molecule has 0 spiro atoms. The highest BCUT2D eigenvalue weighted by Crippen LogP contribution is 2.26. The highest BCUT2D eigenvalue weighted by molar-refractivity contribution is 7.89. The molecule has 0 unspecified atom stereocenters. The second kappa shape index (κ2) is 6.72. The number of nitrogens with zero attached hydrogens (tertiary/aromatic N) is 2. The maximum Gasteiger partial charge on any atom is 0.345 e. The SMILES string of the molecule is O=C(O)c1cc(S(=O)(=O)N2CCN(c3cccc(Cl)c3)CC2)cs1. The fourth-order valence-electron chi connectivity index (χ4n) is 2.57. The first-order valence-electron chi connectivity index (χ1n) is 7.20. The molecular formula is C15H15ClN2O4S2. The van der Waals surface area contributed by atoms with Gasteiger partial charge in [-0.2, -0.15) is 4.31 Å². The van der Waals surface area contributed by atoms with E-state index in [2.05, 4.69) is 4.90 Å². The van der Waals surface area contributed by atoms with Crippen molar-refractivity contribution >= 4 is 44.6 Å². The van der Waals surface area contributed by atoms with E-state index in [0.29, 0.717) is 31.2 Å². The lowest BCUT2D eigenvalue weighted by Gasteiger charge is -2.35. The Morgan fingerprint density at radius 1 is 1.17 bits per heavy atom. The van der Waals surface area contributed by atoms with Crippen LogP contribution in [-0.2, 0) is 10.0 Å². The summed E-state index contributed by atoms with van der Waals surface area (Å²) in [5, 5.41) is 11.0. The Morgan fingerprint density at radius 3 is 2.46 bits per heavy atom. The second-order valence-corrected chi connectivity index (χ2v) is 8.61. The highest BCUT2D eigenvalue weighted by Gasteiger charge is 2.30. The molecule has 128 valence electrons. The van der Waals surface area contributed by atoms with E-state index in [1.54, 1.807) is 6.07 Å². The molecule has 2 heterocycles. The molecule has 0 bridgehead atoms. The molecule has 1 fully saturated rings. The number of aromatic carboxylic acids is 1. The first-order chi connectivity index (χ1) is 11.4. The zero-order valence-corrected chi connectivity index (χ0v) is 14.9. The Hall–Kier alpha value is -1.61. The van der Waals surface area contributed by atoms with E-state index in [9.17, 15) is 13.2 Å². The van der Waals surface area contributed by atoms with Crippen LogP contribution in [-0.4, -0.2) is 50.0 Å². The van der Waals surface area contributed by atoms with Gasteiger partial charge < -0.3 is 10.0 Å². The van der Waals surface area contributed by atoms with Gasteiger partial charge in [0.25, 0.3) is 0 Å². The third-order valence-electron chi connectivity index (χ3n) is 3.84. The van der Waals surface area contributed by atoms with Gasteiger partial charge in [0.05, 0.1) is 4.90 Å². The number of rotatable bonds is 4. The number of sulfonamides is 1. The van der Waals surface area contributed by atoms with Crippen LogP contribution in [0.1, 0.15) is 9.67 Å².